The Kier molecular flexibility index (Phi) is 3.68. The molecule has 96 valence electrons. The zero-order chi connectivity index (χ0) is 13.3. The molecular weight excluding hydrogens is 271 g/mol. The molecule has 0 saturated carbocycles. The topological polar surface area (TPSA) is 53.6 Å². The molecule has 1 atom stereocenters. The van der Waals surface area contributed by atoms with Gasteiger partial charge in [-0.25, -0.2) is 0 Å². The SMILES string of the molecule is CC1=CC(C)=NN(C(Cl)c2cccc(Cl)c2N)N1. The second-order valence-electron chi connectivity index (χ2n) is 4.10. The molecule has 0 saturated heterocycles. The van der Waals surface area contributed by atoms with Gasteiger partial charge in [-0.2, -0.15) is 10.2 Å². The van der Waals surface area contributed by atoms with Crippen LogP contribution in [-0.2, 0) is 0 Å². The van der Waals surface area contributed by atoms with Crippen LogP contribution in [0.3, 0.4) is 0 Å². The van der Waals surface area contributed by atoms with Crippen LogP contribution in [0.4, 0.5) is 5.69 Å². The fourth-order valence-corrected chi connectivity index (χ4v) is 2.22. The highest BCUT2D eigenvalue weighted by Crippen LogP contribution is 2.33. The normalized spacial score (nSPS) is 16.8. The lowest BCUT2D eigenvalue weighted by Gasteiger charge is -2.30. The third kappa shape index (κ3) is 2.54. The monoisotopic (exact) mass is 284 g/mol. The second-order valence-corrected chi connectivity index (χ2v) is 4.92. The lowest BCUT2D eigenvalue weighted by atomic mass is 10.2. The van der Waals surface area contributed by atoms with Crippen LogP contribution in [0.2, 0.25) is 5.02 Å². The molecule has 4 nitrogen and oxygen atoms in total. The van der Waals surface area contributed by atoms with Gasteiger partial charge in [0.05, 0.1) is 16.4 Å². The fourth-order valence-electron chi connectivity index (χ4n) is 1.75. The molecule has 1 aliphatic rings. The summed E-state index contributed by atoms with van der Waals surface area (Å²) in [5.41, 5.74) is 11.5. The molecule has 2 rings (SSSR count). The largest absolute Gasteiger partial charge is 0.397 e. The molecule has 1 heterocycles. The highest BCUT2D eigenvalue weighted by atomic mass is 35.5. The molecule has 0 spiro atoms. The summed E-state index contributed by atoms with van der Waals surface area (Å²) in [6.45, 7) is 3.85. The van der Waals surface area contributed by atoms with E-state index in [-0.39, 0.29) is 0 Å². The van der Waals surface area contributed by atoms with Crippen LogP contribution in [0.1, 0.15) is 24.9 Å². The lowest BCUT2D eigenvalue weighted by molar-refractivity contribution is 0.198. The van der Waals surface area contributed by atoms with Crippen molar-refractivity contribution in [1.82, 2.24) is 10.5 Å². The number of halogens is 2. The van der Waals surface area contributed by atoms with Crippen LogP contribution in [0.15, 0.2) is 35.1 Å². The first kappa shape index (κ1) is 13.1. The third-order valence-electron chi connectivity index (χ3n) is 2.54. The van der Waals surface area contributed by atoms with E-state index in [1.807, 2.05) is 32.1 Å². The summed E-state index contributed by atoms with van der Waals surface area (Å²) in [6.07, 6.45) is 1.93. The first-order chi connectivity index (χ1) is 8.49. The molecule has 1 aromatic rings. The minimum atomic E-state index is -0.526. The summed E-state index contributed by atoms with van der Waals surface area (Å²) in [5.74, 6) is 0. The number of nitrogens with one attached hydrogen (secondary N) is 1. The summed E-state index contributed by atoms with van der Waals surface area (Å²) in [5, 5.41) is 6.36. The van der Waals surface area contributed by atoms with Crippen molar-refractivity contribution in [3.05, 3.63) is 40.6 Å². The van der Waals surface area contributed by atoms with E-state index in [1.165, 1.54) is 0 Å². The number of hydrazine groups is 1. The maximum atomic E-state index is 6.38. The summed E-state index contributed by atoms with van der Waals surface area (Å²) in [7, 11) is 0. The van der Waals surface area contributed by atoms with E-state index in [2.05, 4.69) is 10.5 Å². The number of alkyl halides is 1. The molecule has 6 heteroatoms. The van der Waals surface area contributed by atoms with Gasteiger partial charge in [0.25, 0.3) is 0 Å². The van der Waals surface area contributed by atoms with Crippen molar-refractivity contribution in [1.29, 1.82) is 0 Å². The van der Waals surface area contributed by atoms with E-state index in [1.54, 1.807) is 11.2 Å². The van der Waals surface area contributed by atoms with Crippen LogP contribution in [0.25, 0.3) is 0 Å². The third-order valence-corrected chi connectivity index (χ3v) is 3.29. The number of hydrogen-bond acceptors (Lipinski definition) is 4. The van der Waals surface area contributed by atoms with E-state index >= 15 is 0 Å². The van der Waals surface area contributed by atoms with Crippen molar-refractivity contribution < 1.29 is 0 Å². The van der Waals surface area contributed by atoms with Crippen molar-refractivity contribution >= 4 is 34.6 Å². The number of nitrogens with zero attached hydrogens (tertiary/aromatic N) is 2. The van der Waals surface area contributed by atoms with Crippen molar-refractivity contribution in [2.24, 2.45) is 5.10 Å². The van der Waals surface area contributed by atoms with E-state index in [4.69, 9.17) is 28.9 Å². The second kappa shape index (κ2) is 5.08. The van der Waals surface area contributed by atoms with Crippen LogP contribution in [0, 0.1) is 0 Å². The molecule has 1 unspecified atom stereocenters. The number of hydrogen-bond donors (Lipinski definition) is 2. The van der Waals surface area contributed by atoms with Crippen molar-refractivity contribution in [3.8, 4) is 0 Å². The zero-order valence-corrected chi connectivity index (χ0v) is 11.6. The van der Waals surface area contributed by atoms with E-state index in [9.17, 15) is 0 Å². The lowest BCUT2D eigenvalue weighted by Crippen LogP contribution is -2.37. The molecule has 0 aromatic heterocycles. The average molecular weight is 285 g/mol. The minimum Gasteiger partial charge on any atom is -0.397 e. The van der Waals surface area contributed by atoms with Crippen molar-refractivity contribution in [2.75, 3.05) is 5.73 Å². The summed E-state index contributed by atoms with van der Waals surface area (Å²) in [4.78, 5) is 0. The van der Waals surface area contributed by atoms with E-state index < -0.39 is 5.50 Å². The Morgan fingerprint density at radius 2 is 2.11 bits per heavy atom. The molecule has 0 radical (unpaired) electrons. The predicted molar refractivity (Wildman–Crippen MR) is 76.3 cm³/mol. The number of para-hydroxylation sites is 1. The quantitative estimate of drug-likeness (QED) is 0.498. The van der Waals surface area contributed by atoms with Gasteiger partial charge < -0.3 is 5.73 Å². The number of hydrazone groups is 1. The Morgan fingerprint density at radius 1 is 1.39 bits per heavy atom. The molecule has 0 amide bonds. The standard InChI is InChI=1S/C12H14Cl2N4/c1-7-6-8(2)17-18(16-7)12(14)9-4-3-5-10(13)11(9)15/h3-6,12,16H,15H2,1-2H3. The highest BCUT2D eigenvalue weighted by molar-refractivity contribution is 6.33. The van der Waals surface area contributed by atoms with E-state index in [0.29, 0.717) is 10.7 Å². The van der Waals surface area contributed by atoms with Crippen molar-refractivity contribution in [2.45, 2.75) is 19.3 Å². The molecular formula is C12H14Cl2N4. The van der Waals surface area contributed by atoms with Gasteiger partial charge in [0.1, 0.15) is 0 Å². The Bertz CT molecular complexity index is 525. The van der Waals surface area contributed by atoms with Gasteiger partial charge in [0.2, 0.25) is 0 Å². The number of rotatable bonds is 2. The smallest absolute Gasteiger partial charge is 0.170 e. The molecule has 1 aromatic carbocycles. The maximum absolute atomic E-state index is 6.38. The molecule has 18 heavy (non-hydrogen) atoms. The number of benzene rings is 1. The summed E-state index contributed by atoms with van der Waals surface area (Å²) >= 11 is 12.4. The number of allylic oxidation sites excluding steroid dienone is 2. The number of anilines is 1. The first-order valence-corrected chi connectivity index (χ1v) is 6.28. The fraction of sp³-hybridized carbons (Fsp3) is 0.250. The van der Waals surface area contributed by atoms with Crippen LogP contribution in [-0.4, -0.2) is 10.8 Å². The van der Waals surface area contributed by atoms with Gasteiger partial charge in [0.15, 0.2) is 5.50 Å². The number of nitrogen functional groups attached to an aromatic ring is 1. The molecule has 0 bridgehead atoms. The molecule has 0 aliphatic carbocycles. The highest BCUT2D eigenvalue weighted by Gasteiger charge is 2.21. The summed E-state index contributed by atoms with van der Waals surface area (Å²) < 4.78 is 0. The Morgan fingerprint density at radius 3 is 2.78 bits per heavy atom. The van der Waals surface area contributed by atoms with Gasteiger partial charge in [-0.05, 0) is 26.0 Å². The average Bonchev–Trinajstić information content (AvgIpc) is 2.30. The molecule has 3 N–H and O–H groups in total. The van der Waals surface area contributed by atoms with Gasteiger partial charge in [0, 0.05) is 11.3 Å². The molecule has 0 fully saturated rings. The van der Waals surface area contributed by atoms with Gasteiger partial charge in [-0.1, -0.05) is 35.3 Å². The predicted octanol–water partition coefficient (Wildman–Crippen LogP) is 3.26. The van der Waals surface area contributed by atoms with Crippen LogP contribution in [0.5, 0.6) is 0 Å². The zero-order valence-electron chi connectivity index (χ0n) is 10.1. The Labute approximate surface area is 116 Å². The Hall–Kier alpha value is -1.39. The Balaban J connectivity index is 2.30. The van der Waals surface area contributed by atoms with Gasteiger partial charge in [-0.15, -0.1) is 0 Å². The van der Waals surface area contributed by atoms with E-state index in [0.717, 1.165) is 17.0 Å². The first-order valence-electron chi connectivity index (χ1n) is 5.46. The van der Waals surface area contributed by atoms with Gasteiger partial charge >= 0.3 is 0 Å². The van der Waals surface area contributed by atoms with Gasteiger partial charge in [-0.3, -0.25) is 5.43 Å². The van der Waals surface area contributed by atoms with Crippen LogP contribution < -0.4 is 11.2 Å². The van der Waals surface area contributed by atoms with Crippen LogP contribution >= 0.6 is 23.2 Å². The van der Waals surface area contributed by atoms with Crippen molar-refractivity contribution in [3.63, 3.8) is 0 Å². The molecule has 1 aliphatic heterocycles. The maximum Gasteiger partial charge on any atom is 0.170 e. The number of nitrogens with two attached hydrogens (primary N) is 1. The summed E-state index contributed by atoms with van der Waals surface area (Å²) in [6, 6.07) is 5.37. The minimum absolute atomic E-state index is 0.473.